The second kappa shape index (κ2) is 18.2. The summed E-state index contributed by atoms with van der Waals surface area (Å²) in [5.41, 5.74) is 7.45. The predicted molar refractivity (Wildman–Crippen MR) is 195 cm³/mol. The van der Waals surface area contributed by atoms with Gasteiger partial charge in [0.25, 0.3) is 5.91 Å². The van der Waals surface area contributed by atoms with Crippen LogP contribution in [0, 0.1) is 12.7 Å². The van der Waals surface area contributed by atoms with Gasteiger partial charge in [0.2, 0.25) is 5.91 Å². The van der Waals surface area contributed by atoms with Crippen LogP contribution in [0.5, 0.6) is 11.5 Å². The maximum absolute atomic E-state index is 15.4. The zero-order chi connectivity index (χ0) is 40.5. The molecule has 1 aliphatic rings. The first kappa shape index (κ1) is 42.2. The highest BCUT2D eigenvalue weighted by atomic mass is 32.2. The molecule has 1 saturated heterocycles. The molecule has 0 radical (unpaired) electrons. The van der Waals surface area contributed by atoms with Crippen LogP contribution in [-0.4, -0.2) is 59.4 Å². The first-order valence-corrected chi connectivity index (χ1v) is 17.7. The molecule has 0 saturated carbocycles. The molecule has 0 atom stereocenters. The number of nitrogens with two attached hydrogens (primary N) is 1. The highest BCUT2D eigenvalue weighted by Gasteiger charge is 2.34. The Morgan fingerprint density at radius 2 is 1.71 bits per heavy atom. The van der Waals surface area contributed by atoms with E-state index in [1.807, 2.05) is 6.92 Å². The van der Waals surface area contributed by atoms with Gasteiger partial charge in [0.05, 0.1) is 30.2 Å². The largest absolute Gasteiger partial charge is 0.573 e. The van der Waals surface area contributed by atoms with Crippen LogP contribution < -0.4 is 25.4 Å². The van der Waals surface area contributed by atoms with E-state index in [4.69, 9.17) is 10.5 Å². The van der Waals surface area contributed by atoms with Crippen molar-refractivity contribution in [1.29, 1.82) is 0 Å². The number of alkyl halides is 6. The minimum atomic E-state index is -4.90. The van der Waals surface area contributed by atoms with E-state index in [9.17, 15) is 40.7 Å². The Kier molecular flexibility index (Phi) is 14.0. The normalized spacial score (nSPS) is 14.7. The maximum Gasteiger partial charge on any atom is 0.573 e. The van der Waals surface area contributed by atoms with Crippen molar-refractivity contribution < 1.29 is 54.6 Å². The summed E-state index contributed by atoms with van der Waals surface area (Å²) in [6.07, 6.45) is -6.17. The lowest BCUT2D eigenvalue weighted by molar-refractivity contribution is -0.274. The van der Waals surface area contributed by atoms with Gasteiger partial charge in [0.1, 0.15) is 17.3 Å². The summed E-state index contributed by atoms with van der Waals surface area (Å²) in [5.74, 6) is -2.60. The number of anilines is 2. The number of carbonyl (C=O) groups is 3. The summed E-state index contributed by atoms with van der Waals surface area (Å²) in [6.45, 7) is 4.74. The molecule has 0 aliphatic carbocycles. The van der Waals surface area contributed by atoms with Gasteiger partial charge in [-0.25, -0.2) is 9.18 Å². The number of thioether (sulfide) groups is 1. The van der Waals surface area contributed by atoms with E-state index in [2.05, 4.69) is 15.0 Å². The van der Waals surface area contributed by atoms with Crippen molar-refractivity contribution in [2.24, 2.45) is 10.7 Å². The molecule has 10 nitrogen and oxygen atoms in total. The van der Waals surface area contributed by atoms with Crippen LogP contribution in [0.15, 0.2) is 83.5 Å². The van der Waals surface area contributed by atoms with Gasteiger partial charge >= 0.3 is 18.6 Å². The Bertz CT molecular complexity index is 1980. The van der Waals surface area contributed by atoms with E-state index >= 15 is 4.39 Å². The number of urea groups is 1. The molecule has 4 rings (SSSR count). The predicted octanol–water partition coefficient (Wildman–Crippen LogP) is 9.18. The molecule has 3 aromatic rings. The van der Waals surface area contributed by atoms with Gasteiger partial charge in [-0.05, 0) is 80.4 Å². The average Bonchev–Trinajstić information content (AvgIpc) is 3.46. The third-order valence-corrected chi connectivity index (χ3v) is 8.58. The van der Waals surface area contributed by atoms with Crippen molar-refractivity contribution in [3.05, 3.63) is 101 Å². The zero-order valence-electron chi connectivity index (χ0n) is 29.7. The smallest absolute Gasteiger partial charge is 0.491 e. The van der Waals surface area contributed by atoms with E-state index in [1.54, 1.807) is 26.0 Å². The molecule has 4 amide bonds. The van der Waals surface area contributed by atoms with Gasteiger partial charge < -0.3 is 25.4 Å². The molecule has 3 N–H and O–H groups in total. The number of likely N-dealkylation sites (N-methyl/N-ethyl adjacent to an activating group) is 1. The van der Waals surface area contributed by atoms with Gasteiger partial charge in [0, 0.05) is 29.1 Å². The quantitative estimate of drug-likeness (QED) is 0.131. The molecule has 1 aliphatic heterocycles. The second-order valence-corrected chi connectivity index (χ2v) is 12.8. The number of allylic oxidation sites excluding steroid dienone is 2. The lowest BCUT2D eigenvalue weighted by Crippen LogP contribution is -2.31. The van der Waals surface area contributed by atoms with Crippen LogP contribution in [0.1, 0.15) is 54.6 Å². The third kappa shape index (κ3) is 12.0. The van der Waals surface area contributed by atoms with Crippen molar-refractivity contribution in [2.45, 2.75) is 52.6 Å². The van der Waals surface area contributed by atoms with E-state index < -0.39 is 55.0 Å². The first-order chi connectivity index (χ1) is 25.9. The molecular weight excluding hydrogens is 759 g/mol. The van der Waals surface area contributed by atoms with Gasteiger partial charge in [-0.3, -0.25) is 14.5 Å². The minimum absolute atomic E-state index is 0.0289. The van der Waals surface area contributed by atoms with Gasteiger partial charge in [-0.1, -0.05) is 43.3 Å². The van der Waals surface area contributed by atoms with Gasteiger partial charge in [-0.15, -0.1) is 13.2 Å². The van der Waals surface area contributed by atoms with Crippen LogP contribution in [-0.2, 0) is 4.79 Å². The Morgan fingerprint density at radius 1 is 1.02 bits per heavy atom. The number of nitrogens with zero attached hydrogens (tertiary/aromatic N) is 3. The number of halogens is 7. The molecule has 0 bridgehead atoms. The van der Waals surface area contributed by atoms with Gasteiger partial charge in [0.15, 0.2) is 5.17 Å². The molecule has 1 heterocycles. The number of hydrogen-bond acceptors (Lipinski definition) is 7. The van der Waals surface area contributed by atoms with Crippen LogP contribution in [0.4, 0.5) is 46.9 Å². The summed E-state index contributed by atoms with van der Waals surface area (Å²) < 4.78 is 101. The first-order valence-electron chi connectivity index (χ1n) is 16.7. The number of amides is 4. The lowest BCUT2D eigenvalue weighted by Gasteiger charge is -2.23. The molecule has 1 fully saturated rings. The number of aliphatic imine (C=N–C) groups is 1. The fourth-order valence-electron chi connectivity index (χ4n) is 5.09. The monoisotopic (exact) mass is 795 g/mol. The number of rotatable bonds is 13. The Balaban J connectivity index is 1.52. The number of hydrogen-bond donors (Lipinski definition) is 2. The molecule has 18 heteroatoms. The number of ether oxygens (including phenoxy) is 2. The number of aryl methyl sites for hydroxylation is 1. The SMILES string of the molecule is CCC/C=C(\C=C(/N)c1ccc(NC(=O)/N=C2\SCC(=O)N2c2cc(C)ccc2OCCC(F)(F)F)c(F)c1)N(CC)C(=O)c1ccc(OC(F)(F)F)cc1. The Morgan fingerprint density at radius 3 is 2.33 bits per heavy atom. The molecule has 0 unspecified atom stereocenters. The van der Waals surface area contributed by atoms with E-state index in [0.717, 1.165) is 34.9 Å². The number of unbranched alkanes of at least 4 members (excludes halogenated alkanes) is 1. The molecule has 0 spiro atoms. The summed E-state index contributed by atoms with van der Waals surface area (Å²) in [5, 5.41) is 2.20. The Hall–Kier alpha value is -5.52. The fourth-order valence-corrected chi connectivity index (χ4v) is 5.95. The molecule has 3 aromatic carbocycles. The molecule has 294 valence electrons. The average molecular weight is 796 g/mol. The maximum atomic E-state index is 15.4. The number of amidine groups is 1. The topological polar surface area (TPSA) is 127 Å². The summed E-state index contributed by atoms with van der Waals surface area (Å²) in [6, 6.07) is 11.6. The number of carbonyl (C=O) groups excluding carboxylic acids is 3. The summed E-state index contributed by atoms with van der Waals surface area (Å²) >= 11 is 0.896. The zero-order valence-corrected chi connectivity index (χ0v) is 30.5. The fraction of sp³-hybridized carbons (Fsp3) is 0.297. The van der Waals surface area contributed by atoms with Crippen LogP contribution in [0.2, 0.25) is 0 Å². The van der Waals surface area contributed by atoms with E-state index in [1.165, 1.54) is 47.4 Å². The third-order valence-electron chi connectivity index (χ3n) is 7.66. The van der Waals surface area contributed by atoms with Crippen molar-refractivity contribution in [3.63, 3.8) is 0 Å². The summed E-state index contributed by atoms with van der Waals surface area (Å²) in [7, 11) is 0. The highest BCUT2D eigenvalue weighted by molar-refractivity contribution is 8.15. The van der Waals surface area contributed by atoms with Crippen LogP contribution in [0.3, 0.4) is 0 Å². The molecule has 0 aromatic heterocycles. The highest BCUT2D eigenvalue weighted by Crippen LogP contribution is 2.36. The lowest BCUT2D eigenvalue weighted by atomic mass is 10.1. The number of benzene rings is 3. The van der Waals surface area contributed by atoms with Gasteiger partial charge in [-0.2, -0.15) is 18.2 Å². The van der Waals surface area contributed by atoms with Crippen molar-refractivity contribution in [2.75, 3.05) is 29.1 Å². The number of nitrogens with one attached hydrogen (secondary N) is 1. The second-order valence-electron chi connectivity index (χ2n) is 11.9. The van der Waals surface area contributed by atoms with Crippen LogP contribution >= 0.6 is 11.8 Å². The van der Waals surface area contributed by atoms with Crippen LogP contribution in [0.25, 0.3) is 5.70 Å². The molecular formula is C37H36F7N5O5S. The Labute approximate surface area is 315 Å². The van der Waals surface area contributed by atoms with Crippen molar-refractivity contribution in [1.82, 2.24) is 4.90 Å². The van der Waals surface area contributed by atoms with E-state index in [-0.39, 0.29) is 51.4 Å². The summed E-state index contributed by atoms with van der Waals surface area (Å²) in [4.78, 5) is 45.6. The van der Waals surface area contributed by atoms with Crippen molar-refractivity contribution >= 4 is 51.8 Å². The van der Waals surface area contributed by atoms with Crippen molar-refractivity contribution in [3.8, 4) is 11.5 Å². The van der Waals surface area contributed by atoms with E-state index in [0.29, 0.717) is 24.1 Å². The minimum Gasteiger partial charge on any atom is -0.491 e. The standard InChI is InChI=1S/C37H36F7N5O5S/c1-4-6-7-25(48(5-2)33(51)23-9-12-26(13-10-23)54-37(42,43)44)20-28(45)24-11-14-29(27(38)19-24)46-34(52)47-35-49(32(50)21-55-35)30-18-22(3)8-15-31(30)53-17-16-36(39,40)41/h7-15,18-20H,4-6,16-17,21,45H2,1-3H3,(H,46,52)/b25-7+,28-20-,47-35-. The molecule has 55 heavy (non-hydrogen) atoms.